The van der Waals surface area contributed by atoms with Crippen molar-refractivity contribution in [3.8, 4) is 0 Å². The summed E-state index contributed by atoms with van der Waals surface area (Å²) in [6.07, 6.45) is 0. The molecule has 82 valence electrons. The molecule has 0 bridgehead atoms. The van der Waals surface area contributed by atoms with Gasteiger partial charge < -0.3 is 15.0 Å². The number of nitrogens with zero attached hydrogens (tertiary/aromatic N) is 2. The molecule has 2 saturated heterocycles. The molecule has 0 radical (unpaired) electrons. The molecule has 1 unspecified atom stereocenters. The lowest BCUT2D eigenvalue weighted by Crippen LogP contribution is -2.61. The lowest BCUT2D eigenvalue weighted by atomic mass is 10.1. The highest BCUT2D eigenvalue weighted by molar-refractivity contribution is 4.88. The molecule has 2 aliphatic heterocycles. The number of morpholine rings is 1. The maximum Gasteiger partial charge on any atom is 0.0632 e. The predicted molar refractivity (Wildman–Crippen MR) is 56.5 cm³/mol. The Morgan fingerprint density at radius 3 is 2.79 bits per heavy atom. The van der Waals surface area contributed by atoms with Crippen LogP contribution in [0.5, 0.6) is 0 Å². The minimum Gasteiger partial charge on any atom is -0.378 e. The van der Waals surface area contributed by atoms with Crippen molar-refractivity contribution in [3.05, 3.63) is 0 Å². The van der Waals surface area contributed by atoms with Gasteiger partial charge in [0.25, 0.3) is 0 Å². The van der Waals surface area contributed by atoms with Crippen molar-refractivity contribution in [1.29, 1.82) is 0 Å². The maximum absolute atomic E-state index is 5.43. The first-order valence-electron chi connectivity index (χ1n) is 5.45. The molecule has 14 heavy (non-hydrogen) atoms. The van der Waals surface area contributed by atoms with Crippen molar-refractivity contribution in [2.24, 2.45) is 0 Å². The Morgan fingerprint density at radius 1 is 1.43 bits per heavy atom. The van der Waals surface area contributed by atoms with Crippen LogP contribution in [0, 0.1) is 0 Å². The molecule has 0 aromatic heterocycles. The quantitative estimate of drug-likeness (QED) is 0.645. The van der Waals surface area contributed by atoms with Gasteiger partial charge in [0, 0.05) is 38.3 Å². The fourth-order valence-corrected chi connectivity index (χ4v) is 2.07. The lowest BCUT2D eigenvalue weighted by molar-refractivity contribution is 0.0207. The predicted octanol–water partition coefficient (Wildman–Crippen LogP) is -0.779. The molecule has 0 amide bonds. The minimum absolute atomic E-state index is 0.548. The number of hydrogen-bond donors (Lipinski definition) is 1. The second kappa shape index (κ2) is 4.57. The summed E-state index contributed by atoms with van der Waals surface area (Å²) in [7, 11) is 4.31. The van der Waals surface area contributed by atoms with E-state index < -0.39 is 0 Å². The highest BCUT2D eigenvalue weighted by Crippen LogP contribution is 2.12. The van der Waals surface area contributed by atoms with Crippen molar-refractivity contribution in [2.45, 2.75) is 12.1 Å². The largest absolute Gasteiger partial charge is 0.378 e. The number of likely N-dealkylation sites (tertiary alicyclic amines) is 1. The summed E-state index contributed by atoms with van der Waals surface area (Å²) in [6.45, 7) is 6.33. The molecule has 2 rings (SSSR count). The van der Waals surface area contributed by atoms with E-state index in [9.17, 15) is 0 Å². The summed E-state index contributed by atoms with van der Waals surface area (Å²) in [6, 6.07) is 1.31. The molecule has 4 nitrogen and oxygen atoms in total. The minimum atomic E-state index is 0.548. The number of ether oxygens (including phenoxy) is 1. The first-order valence-corrected chi connectivity index (χ1v) is 5.45. The zero-order chi connectivity index (χ0) is 9.97. The van der Waals surface area contributed by atoms with Crippen LogP contribution in [0.25, 0.3) is 0 Å². The third kappa shape index (κ3) is 2.45. The van der Waals surface area contributed by atoms with Crippen molar-refractivity contribution in [1.82, 2.24) is 15.1 Å². The highest BCUT2D eigenvalue weighted by Gasteiger charge is 2.30. The fourth-order valence-electron chi connectivity index (χ4n) is 2.07. The van der Waals surface area contributed by atoms with Gasteiger partial charge in [-0.2, -0.15) is 0 Å². The monoisotopic (exact) mass is 199 g/mol. The number of rotatable bonds is 3. The summed E-state index contributed by atoms with van der Waals surface area (Å²) in [4.78, 5) is 4.80. The maximum atomic E-state index is 5.43. The van der Waals surface area contributed by atoms with Gasteiger partial charge in [-0.05, 0) is 14.1 Å². The molecular formula is C10H21N3O. The lowest BCUT2D eigenvalue weighted by Gasteiger charge is -2.44. The molecule has 4 heteroatoms. The Hall–Kier alpha value is -0.160. The Balaban J connectivity index is 1.63. The van der Waals surface area contributed by atoms with E-state index in [1.54, 1.807) is 0 Å². The summed E-state index contributed by atoms with van der Waals surface area (Å²) in [5, 5.41) is 3.48. The molecule has 0 aromatic rings. The van der Waals surface area contributed by atoms with Crippen LogP contribution in [0.2, 0.25) is 0 Å². The van der Waals surface area contributed by atoms with E-state index in [1.807, 2.05) is 0 Å². The third-order valence-electron chi connectivity index (χ3n) is 3.15. The molecular weight excluding hydrogens is 178 g/mol. The Kier molecular flexibility index (Phi) is 3.38. The Morgan fingerprint density at radius 2 is 2.21 bits per heavy atom. The van der Waals surface area contributed by atoms with Crippen molar-refractivity contribution < 1.29 is 4.74 Å². The first kappa shape index (κ1) is 10.4. The van der Waals surface area contributed by atoms with Gasteiger partial charge in [0.05, 0.1) is 13.2 Å². The Bertz CT molecular complexity index is 174. The first-order chi connectivity index (χ1) is 6.75. The number of hydrogen-bond acceptors (Lipinski definition) is 4. The standard InChI is InChI=1S/C10H21N3O/c1-12(2)10-6-13(7-10)5-9-8-14-4-3-11-9/h9-11H,3-8H2,1-2H3. The van der Waals surface area contributed by atoms with Crippen LogP contribution in [-0.4, -0.2) is 75.4 Å². The van der Waals surface area contributed by atoms with E-state index in [4.69, 9.17) is 4.74 Å². The van der Waals surface area contributed by atoms with Crippen LogP contribution in [0.15, 0.2) is 0 Å². The second-order valence-electron chi connectivity index (χ2n) is 4.56. The zero-order valence-electron chi connectivity index (χ0n) is 9.20. The summed E-state index contributed by atoms with van der Waals surface area (Å²) < 4.78 is 5.43. The van der Waals surface area contributed by atoms with Gasteiger partial charge in [-0.25, -0.2) is 0 Å². The number of nitrogens with one attached hydrogen (secondary N) is 1. The van der Waals surface area contributed by atoms with Gasteiger partial charge in [-0.1, -0.05) is 0 Å². The van der Waals surface area contributed by atoms with E-state index in [0.29, 0.717) is 6.04 Å². The van der Waals surface area contributed by atoms with Crippen LogP contribution in [0.4, 0.5) is 0 Å². The van der Waals surface area contributed by atoms with Crippen LogP contribution >= 0.6 is 0 Å². The molecule has 0 aromatic carbocycles. The third-order valence-corrected chi connectivity index (χ3v) is 3.15. The number of likely N-dealkylation sites (N-methyl/N-ethyl adjacent to an activating group) is 1. The molecule has 0 spiro atoms. The molecule has 1 N–H and O–H groups in total. The fraction of sp³-hybridized carbons (Fsp3) is 1.00. The van der Waals surface area contributed by atoms with E-state index in [1.165, 1.54) is 13.1 Å². The molecule has 0 saturated carbocycles. The zero-order valence-corrected chi connectivity index (χ0v) is 9.20. The molecule has 0 aliphatic carbocycles. The topological polar surface area (TPSA) is 27.7 Å². The Labute approximate surface area is 86.2 Å². The van der Waals surface area contributed by atoms with Gasteiger partial charge in [-0.15, -0.1) is 0 Å². The van der Waals surface area contributed by atoms with Crippen molar-refractivity contribution in [3.63, 3.8) is 0 Å². The molecule has 1 atom stereocenters. The van der Waals surface area contributed by atoms with Gasteiger partial charge in [-0.3, -0.25) is 4.90 Å². The average Bonchev–Trinajstić information content (AvgIpc) is 2.12. The van der Waals surface area contributed by atoms with Crippen LogP contribution in [0.3, 0.4) is 0 Å². The molecule has 2 heterocycles. The van der Waals surface area contributed by atoms with Crippen molar-refractivity contribution >= 4 is 0 Å². The SMILES string of the molecule is CN(C)C1CN(CC2COCCN2)C1. The normalized spacial score (nSPS) is 30.6. The van der Waals surface area contributed by atoms with Gasteiger partial charge >= 0.3 is 0 Å². The average molecular weight is 199 g/mol. The van der Waals surface area contributed by atoms with E-state index in [0.717, 1.165) is 32.3 Å². The smallest absolute Gasteiger partial charge is 0.0632 e. The summed E-state index contributed by atoms with van der Waals surface area (Å²) in [5.41, 5.74) is 0. The van der Waals surface area contributed by atoms with Gasteiger partial charge in [0.15, 0.2) is 0 Å². The van der Waals surface area contributed by atoms with E-state index >= 15 is 0 Å². The summed E-state index contributed by atoms with van der Waals surface area (Å²) >= 11 is 0. The van der Waals surface area contributed by atoms with Crippen LogP contribution < -0.4 is 5.32 Å². The summed E-state index contributed by atoms with van der Waals surface area (Å²) in [5.74, 6) is 0. The molecule has 2 fully saturated rings. The van der Waals surface area contributed by atoms with Crippen molar-refractivity contribution in [2.75, 3.05) is 53.5 Å². The molecule has 2 aliphatic rings. The van der Waals surface area contributed by atoms with Gasteiger partial charge in [0.2, 0.25) is 0 Å². The van der Waals surface area contributed by atoms with E-state index in [2.05, 4.69) is 29.2 Å². The van der Waals surface area contributed by atoms with Gasteiger partial charge in [0.1, 0.15) is 0 Å². The van der Waals surface area contributed by atoms with E-state index in [-0.39, 0.29) is 0 Å². The second-order valence-corrected chi connectivity index (χ2v) is 4.56. The van der Waals surface area contributed by atoms with Crippen LogP contribution in [0.1, 0.15) is 0 Å². The highest BCUT2D eigenvalue weighted by atomic mass is 16.5. The van der Waals surface area contributed by atoms with Crippen LogP contribution in [-0.2, 0) is 4.74 Å².